The number of carbonyl (C=O) groups excluding carboxylic acids is 1. The Morgan fingerprint density at radius 1 is 1.17 bits per heavy atom. The molecule has 1 aliphatic heterocycles. The van der Waals surface area contributed by atoms with E-state index in [0.717, 1.165) is 19.4 Å². The van der Waals surface area contributed by atoms with E-state index >= 15 is 0 Å². The Bertz CT molecular complexity index is 526. The van der Waals surface area contributed by atoms with Gasteiger partial charge < -0.3 is 10.2 Å². The van der Waals surface area contributed by atoms with E-state index in [-0.39, 0.29) is 5.91 Å². The molecule has 1 N–H and O–H groups in total. The zero-order valence-corrected chi connectivity index (χ0v) is 14.9. The third-order valence-electron chi connectivity index (χ3n) is 4.82. The van der Waals surface area contributed by atoms with Crippen LogP contribution in [0.1, 0.15) is 51.9 Å². The molecule has 1 aromatic rings. The predicted octanol–water partition coefficient (Wildman–Crippen LogP) is 4.22. The van der Waals surface area contributed by atoms with E-state index in [0.29, 0.717) is 17.8 Å². The summed E-state index contributed by atoms with van der Waals surface area (Å²) in [6.45, 7) is 3.67. The van der Waals surface area contributed by atoms with E-state index in [1.54, 1.807) is 0 Å². The van der Waals surface area contributed by atoms with Crippen LogP contribution >= 0.6 is 11.8 Å². The second-order valence-electron chi connectivity index (χ2n) is 6.89. The van der Waals surface area contributed by atoms with Crippen molar-refractivity contribution in [2.24, 2.45) is 0 Å². The molecule has 126 valence electrons. The normalized spacial score (nSPS) is 22.8. The van der Waals surface area contributed by atoms with Gasteiger partial charge in [0.2, 0.25) is 5.91 Å². The van der Waals surface area contributed by atoms with E-state index in [1.165, 1.54) is 42.7 Å². The van der Waals surface area contributed by atoms with Gasteiger partial charge in [0.15, 0.2) is 0 Å². The lowest BCUT2D eigenvalue weighted by Gasteiger charge is -2.34. The Labute approximate surface area is 144 Å². The highest BCUT2D eigenvalue weighted by Crippen LogP contribution is 2.37. The fraction of sp³-hybridized carbons (Fsp3) is 0.632. The number of carbonyl (C=O) groups is 1. The summed E-state index contributed by atoms with van der Waals surface area (Å²) in [6.07, 6.45) is 8.81. The Hall–Kier alpha value is -1.16. The molecular formula is C19H28N2OS. The van der Waals surface area contributed by atoms with Crippen molar-refractivity contribution in [3.63, 3.8) is 0 Å². The van der Waals surface area contributed by atoms with Gasteiger partial charge in [-0.3, -0.25) is 4.79 Å². The van der Waals surface area contributed by atoms with E-state index in [1.807, 2.05) is 11.8 Å². The first-order valence-corrected chi connectivity index (χ1v) is 9.90. The molecule has 1 unspecified atom stereocenters. The van der Waals surface area contributed by atoms with Crippen molar-refractivity contribution in [3.05, 3.63) is 24.3 Å². The molecule has 1 fully saturated rings. The number of para-hydroxylation sites is 1. The van der Waals surface area contributed by atoms with Crippen LogP contribution in [-0.2, 0) is 4.79 Å². The molecule has 23 heavy (non-hydrogen) atoms. The van der Waals surface area contributed by atoms with Crippen molar-refractivity contribution >= 4 is 23.4 Å². The highest BCUT2D eigenvalue weighted by Gasteiger charge is 2.24. The minimum absolute atomic E-state index is 0.185. The van der Waals surface area contributed by atoms with Crippen molar-refractivity contribution in [3.8, 4) is 0 Å². The monoisotopic (exact) mass is 332 g/mol. The number of hydrogen-bond donors (Lipinski definition) is 1. The number of fused-ring (bicyclic) bond motifs is 1. The van der Waals surface area contributed by atoms with Crippen LogP contribution in [0.2, 0.25) is 0 Å². The topological polar surface area (TPSA) is 32.3 Å². The smallest absolute Gasteiger partial charge is 0.239 e. The Kier molecular flexibility index (Phi) is 5.87. The van der Waals surface area contributed by atoms with Gasteiger partial charge in [0.25, 0.3) is 0 Å². The van der Waals surface area contributed by atoms with E-state index < -0.39 is 0 Å². The van der Waals surface area contributed by atoms with Crippen LogP contribution in [0.5, 0.6) is 0 Å². The summed E-state index contributed by atoms with van der Waals surface area (Å²) in [5, 5.41) is 3.82. The molecule has 1 saturated carbocycles. The number of thioether (sulfide) groups is 1. The molecule has 3 nitrogen and oxygen atoms in total. The van der Waals surface area contributed by atoms with Gasteiger partial charge in [0.05, 0.1) is 12.2 Å². The highest BCUT2D eigenvalue weighted by molar-refractivity contribution is 8.00. The summed E-state index contributed by atoms with van der Waals surface area (Å²) >= 11 is 1.91. The van der Waals surface area contributed by atoms with Gasteiger partial charge in [0, 0.05) is 22.7 Å². The van der Waals surface area contributed by atoms with Crippen LogP contribution in [-0.4, -0.2) is 30.3 Å². The fourth-order valence-electron chi connectivity index (χ4n) is 3.68. The third-order valence-corrected chi connectivity index (χ3v) is 5.97. The first-order valence-electron chi connectivity index (χ1n) is 9.02. The molecule has 0 spiro atoms. The lowest BCUT2D eigenvalue weighted by atomic mass is 9.97. The fourth-order valence-corrected chi connectivity index (χ4v) is 4.84. The maximum absolute atomic E-state index is 12.5. The van der Waals surface area contributed by atoms with Crippen molar-refractivity contribution < 1.29 is 4.79 Å². The van der Waals surface area contributed by atoms with Crippen molar-refractivity contribution in [1.29, 1.82) is 0 Å². The zero-order valence-electron chi connectivity index (χ0n) is 14.1. The lowest BCUT2D eigenvalue weighted by molar-refractivity contribution is -0.120. The number of nitrogens with one attached hydrogen (secondary N) is 1. The van der Waals surface area contributed by atoms with Gasteiger partial charge >= 0.3 is 0 Å². The van der Waals surface area contributed by atoms with Gasteiger partial charge in [-0.15, -0.1) is 11.8 Å². The molecule has 2 aliphatic rings. The number of nitrogens with zero attached hydrogens (tertiary/aromatic N) is 1. The van der Waals surface area contributed by atoms with Gasteiger partial charge in [-0.25, -0.2) is 0 Å². The zero-order chi connectivity index (χ0) is 16.1. The maximum Gasteiger partial charge on any atom is 0.239 e. The number of amides is 1. The highest BCUT2D eigenvalue weighted by atomic mass is 32.2. The van der Waals surface area contributed by atoms with Crippen LogP contribution in [0.4, 0.5) is 5.69 Å². The largest absolute Gasteiger partial charge is 0.360 e. The quantitative estimate of drug-likeness (QED) is 0.899. The first kappa shape index (κ1) is 16.7. The molecule has 0 aromatic heterocycles. The second-order valence-corrected chi connectivity index (χ2v) is 8.37. The second kappa shape index (κ2) is 8.09. The number of hydrogen-bond acceptors (Lipinski definition) is 3. The summed E-state index contributed by atoms with van der Waals surface area (Å²) in [4.78, 5) is 16.1. The van der Waals surface area contributed by atoms with Crippen molar-refractivity contribution in [2.75, 3.05) is 18.0 Å². The van der Waals surface area contributed by atoms with E-state index in [4.69, 9.17) is 0 Å². The molecule has 4 heteroatoms. The van der Waals surface area contributed by atoms with Crippen LogP contribution in [0, 0.1) is 0 Å². The van der Waals surface area contributed by atoms with Gasteiger partial charge in [-0.05, 0) is 25.0 Å². The summed E-state index contributed by atoms with van der Waals surface area (Å²) < 4.78 is 0. The van der Waals surface area contributed by atoms with Gasteiger partial charge in [-0.2, -0.15) is 0 Å². The van der Waals surface area contributed by atoms with Crippen molar-refractivity contribution in [2.45, 2.75) is 68.1 Å². The minimum Gasteiger partial charge on any atom is -0.360 e. The summed E-state index contributed by atoms with van der Waals surface area (Å²) in [5.74, 6) is 0.185. The van der Waals surface area contributed by atoms with E-state index in [2.05, 4.69) is 41.4 Å². The average Bonchev–Trinajstić information content (AvgIpc) is 2.49. The predicted molar refractivity (Wildman–Crippen MR) is 98.2 cm³/mol. The van der Waals surface area contributed by atoms with E-state index in [9.17, 15) is 4.79 Å². The molecular weight excluding hydrogens is 304 g/mol. The van der Waals surface area contributed by atoms with Gasteiger partial charge in [-0.1, -0.05) is 51.2 Å². The maximum atomic E-state index is 12.5. The number of rotatable bonds is 3. The standard InChI is InChI=1S/C19H28N2OS/c1-15-13-21(17-11-7-8-12-18(17)23-15)14-19(22)20-16-9-5-3-2-4-6-10-16/h7-8,11-12,15-16H,2-6,9-10,13-14H2,1H3,(H,20,22). The third kappa shape index (κ3) is 4.66. The lowest BCUT2D eigenvalue weighted by Crippen LogP contribution is -2.45. The van der Waals surface area contributed by atoms with Crippen LogP contribution < -0.4 is 10.2 Å². The summed E-state index contributed by atoms with van der Waals surface area (Å²) in [7, 11) is 0. The Balaban J connectivity index is 1.59. The Morgan fingerprint density at radius 2 is 1.87 bits per heavy atom. The summed E-state index contributed by atoms with van der Waals surface area (Å²) in [5.41, 5.74) is 1.21. The summed E-state index contributed by atoms with van der Waals surface area (Å²) in [6, 6.07) is 8.83. The first-order chi connectivity index (χ1) is 11.2. The number of anilines is 1. The number of benzene rings is 1. The molecule has 0 radical (unpaired) electrons. The molecule has 0 bridgehead atoms. The van der Waals surface area contributed by atoms with Crippen LogP contribution in [0.15, 0.2) is 29.2 Å². The molecule has 1 heterocycles. The molecule has 1 aromatic carbocycles. The van der Waals surface area contributed by atoms with Crippen LogP contribution in [0.25, 0.3) is 0 Å². The van der Waals surface area contributed by atoms with Crippen LogP contribution in [0.3, 0.4) is 0 Å². The molecule has 1 atom stereocenters. The van der Waals surface area contributed by atoms with Crippen molar-refractivity contribution in [1.82, 2.24) is 5.32 Å². The average molecular weight is 333 g/mol. The molecule has 3 rings (SSSR count). The Morgan fingerprint density at radius 3 is 2.65 bits per heavy atom. The molecule has 1 amide bonds. The molecule has 1 aliphatic carbocycles. The SMILES string of the molecule is CC1CN(CC(=O)NC2CCCCCCC2)c2ccccc2S1. The molecule has 0 saturated heterocycles. The van der Waals surface area contributed by atoms with Gasteiger partial charge in [0.1, 0.15) is 0 Å². The minimum atomic E-state index is 0.185.